The largest absolute Gasteiger partial charge is 0.447 e. The molecule has 8 heteroatoms. The predicted molar refractivity (Wildman–Crippen MR) is 122 cm³/mol. The number of aromatic nitrogens is 4. The van der Waals surface area contributed by atoms with E-state index in [0.29, 0.717) is 30.4 Å². The molecule has 1 aliphatic rings. The molecule has 0 spiro atoms. The molecule has 0 aliphatic carbocycles. The van der Waals surface area contributed by atoms with Gasteiger partial charge in [-0.3, -0.25) is 9.36 Å². The van der Waals surface area contributed by atoms with Crippen LogP contribution in [0.25, 0.3) is 5.69 Å². The van der Waals surface area contributed by atoms with Crippen molar-refractivity contribution in [3.63, 3.8) is 0 Å². The van der Waals surface area contributed by atoms with Crippen molar-refractivity contribution in [1.29, 1.82) is 0 Å². The Morgan fingerprint density at radius 2 is 1.94 bits per heavy atom. The van der Waals surface area contributed by atoms with Gasteiger partial charge in [-0.2, -0.15) is 0 Å². The van der Waals surface area contributed by atoms with E-state index in [0.717, 1.165) is 23.1 Å². The van der Waals surface area contributed by atoms with Crippen molar-refractivity contribution in [3.05, 3.63) is 88.9 Å². The molecule has 0 bridgehead atoms. The lowest BCUT2D eigenvalue weighted by Gasteiger charge is -2.28. The molecule has 0 saturated carbocycles. The molecule has 32 heavy (non-hydrogen) atoms. The quantitative estimate of drug-likeness (QED) is 0.425. The lowest BCUT2D eigenvalue weighted by molar-refractivity contribution is 0.0728. The molecule has 4 aromatic rings. The van der Waals surface area contributed by atoms with E-state index in [4.69, 9.17) is 4.42 Å². The maximum atomic E-state index is 12.9. The molecule has 3 heterocycles. The molecule has 0 atom stereocenters. The first-order chi connectivity index (χ1) is 15.6. The minimum absolute atomic E-state index is 0.0988. The molecule has 7 nitrogen and oxygen atoms in total. The monoisotopic (exact) mass is 445 g/mol. The van der Waals surface area contributed by atoms with Crippen molar-refractivity contribution in [3.8, 4) is 5.69 Å². The van der Waals surface area contributed by atoms with Gasteiger partial charge in [0, 0.05) is 18.8 Å². The van der Waals surface area contributed by atoms with Gasteiger partial charge in [-0.25, -0.2) is 4.98 Å². The standard InChI is InChI=1S/C24H23N5O2S/c1-16-6-5-9-20(12-16)29-17(2)26-27-24(29)32-15-22-25-21(14-31-22)23(30)28-11-10-18-7-3-4-8-19(18)13-28/h3-9,12,14H,10-11,13,15H2,1-2H3. The predicted octanol–water partition coefficient (Wildman–Crippen LogP) is 4.36. The number of amides is 1. The summed E-state index contributed by atoms with van der Waals surface area (Å²) in [6, 6.07) is 16.5. The summed E-state index contributed by atoms with van der Waals surface area (Å²) < 4.78 is 7.61. The molecule has 5 rings (SSSR count). The first kappa shape index (κ1) is 20.5. The number of carbonyl (C=O) groups excluding carboxylic acids is 1. The average Bonchev–Trinajstić information content (AvgIpc) is 3.43. The van der Waals surface area contributed by atoms with Gasteiger partial charge in [-0.05, 0) is 49.1 Å². The van der Waals surface area contributed by atoms with Crippen molar-refractivity contribution in [1.82, 2.24) is 24.6 Å². The summed E-state index contributed by atoms with van der Waals surface area (Å²) in [6.45, 7) is 5.27. The minimum Gasteiger partial charge on any atom is -0.447 e. The maximum Gasteiger partial charge on any atom is 0.276 e. The zero-order valence-corrected chi connectivity index (χ0v) is 18.8. The Hall–Kier alpha value is -3.39. The van der Waals surface area contributed by atoms with Crippen molar-refractivity contribution >= 4 is 17.7 Å². The van der Waals surface area contributed by atoms with Gasteiger partial charge in [-0.1, -0.05) is 48.2 Å². The fraction of sp³-hybridized carbons (Fsp3) is 0.250. The lowest BCUT2D eigenvalue weighted by Crippen LogP contribution is -2.36. The summed E-state index contributed by atoms with van der Waals surface area (Å²) >= 11 is 1.48. The first-order valence-electron chi connectivity index (χ1n) is 10.5. The fourth-order valence-corrected chi connectivity index (χ4v) is 4.78. The van der Waals surface area contributed by atoms with E-state index < -0.39 is 0 Å². The number of hydrogen-bond acceptors (Lipinski definition) is 6. The van der Waals surface area contributed by atoms with Gasteiger partial charge >= 0.3 is 0 Å². The maximum absolute atomic E-state index is 12.9. The second-order valence-corrected chi connectivity index (χ2v) is 8.81. The van der Waals surface area contributed by atoms with E-state index in [1.54, 1.807) is 0 Å². The van der Waals surface area contributed by atoms with Gasteiger partial charge in [0.2, 0.25) is 5.89 Å². The molecule has 0 unspecified atom stereocenters. The SMILES string of the molecule is Cc1cccc(-n2c(C)nnc2SCc2nc(C(=O)N3CCc4ccccc4C3)co2)c1. The van der Waals surface area contributed by atoms with Crippen molar-refractivity contribution in [2.45, 2.75) is 37.7 Å². The zero-order chi connectivity index (χ0) is 22.1. The number of fused-ring (bicyclic) bond motifs is 1. The fourth-order valence-electron chi connectivity index (χ4n) is 3.93. The second-order valence-electron chi connectivity index (χ2n) is 7.86. The summed E-state index contributed by atoms with van der Waals surface area (Å²) in [5.74, 6) is 1.66. The molecular weight excluding hydrogens is 422 g/mol. The number of thioether (sulfide) groups is 1. The molecule has 2 aromatic heterocycles. The van der Waals surface area contributed by atoms with Crippen LogP contribution in [0.3, 0.4) is 0 Å². The van der Waals surface area contributed by atoms with E-state index in [9.17, 15) is 4.79 Å². The first-order valence-corrected chi connectivity index (χ1v) is 11.5. The second kappa shape index (κ2) is 8.63. The molecular formula is C24H23N5O2S. The van der Waals surface area contributed by atoms with E-state index in [1.165, 1.54) is 34.7 Å². The third-order valence-corrected chi connectivity index (χ3v) is 6.48. The van der Waals surface area contributed by atoms with Gasteiger partial charge in [0.15, 0.2) is 10.9 Å². The topological polar surface area (TPSA) is 77.1 Å². The Bertz CT molecular complexity index is 1280. The van der Waals surface area contributed by atoms with Gasteiger partial charge in [0.25, 0.3) is 5.91 Å². The summed E-state index contributed by atoms with van der Waals surface area (Å²) in [4.78, 5) is 19.2. The highest BCUT2D eigenvalue weighted by atomic mass is 32.2. The van der Waals surface area contributed by atoms with Gasteiger partial charge in [0.05, 0.1) is 5.75 Å². The van der Waals surface area contributed by atoms with Gasteiger partial charge < -0.3 is 9.32 Å². The summed E-state index contributed by atoms with van der Waals surface area (Å²) in [5.41, 5.74) is 5.03. The van der Waals surface area contributed by atoms with Crippen LogP contribution >= 0.6 is 11.8 Å². The molecule has 162 valence electrons. The van der Waals surface area contributed by atoms with Crippen LogP contribution in [0.1, 0.15) is 38.9 Å². The number of rotatable bonds is 5. The Kier molecular flexibility index (Phi) is 5.53. The number of aryl methyl sites for hydroxylation is 2. The Balaban J connectivity index is 1.27. The van der Waals surface area contributed by atoms with Crippen molar-refractivity contribution in [2.24, 2.45) is 0 Å². The summed E-state index contributed by atoms with van der Waals surface area (Å²) in [7, 11) is 0. The minimum atomic E-state index is -0.0988. The summed E-state index contributed by atoms with van der Waals surface area (Å²) in [5, 5.41) is 9.29. The average molecular weight is 446 g/mol. The molecule has 2 aromatic carbocycles. The molecule has 0 N–H and O–H groups in total. The molecule has 0 saturated heterocycles. The van der Waals surface area contributed by atoms with Crippen molar-refractivity contribution < 1.29 is 9.21 Å². The third-order valence-electron chi connectivity index (χ3n) is 5.57. The number of oxazole rings is 1. The third kappa shape index (κ3) is 4.05. The van der Waals surface area contributed by atoms with Crippen LogP contribution in [0.4, 0.5) is 0 Å². The Labute approximate surface area is 190 Å². The Morgan fingerprint density at radius 1 is 1.09 bits per heavy atom. The highest BCUT2D eigenvalue weighted by Gasteiger charge is 2.24. The molecule has 1 amide bonds. The molecule has 1 aliphatic heterocycles. The smallest absolute Gasteiger partial charge is 0.276 e. The van der Waals surface area contributed by atoms with Gasteiger partial charge in [0.1, 0.15) is 12.1 Å². The van der Waals surface area contributed by atoms with Crippen LogP contribution in [-0.2, 0) is 18.7 Å². The number of benzene rings is 2. The lowest BCUT2D eigenvalue weighted by atomic mass is 10.00. The zero-order valence-electron chi connectivity index (χ0n) is 18.0. The number of nitrogens with zero attached hydrogens (tertiary/aromatic N) is 5. The Morgan fingerprint density at radius 3 is 2.78 bits per heavy atom. The van der Waals surface area contributed by atoms with Crippen LogP contribution in [0.2, 0.25) is 0 Å². The van der Waals surface area contributed by atoms with Gasteiger partial charge in [-0.15, -0.1) is 10.2 Å². The number of carbonyl (C=O) groups is 1. The van der Waals surface area contributed by atoms with Crippen LogP contribution in [0, 0.1) is 13.8 Å². The van der Waals surface area contributed by atoms with E-state index >= 15 is 0 Å². The van der Waals surface area contributed by atoms with Crippen LogP contribution < -0.4 is 0 Å². The molecule has 0 fully saturated rings. The highest BCUT2D eigenvalue weighted by Crippen LogP contribution is 2.26. The van der Waals surface area contributed by atoms with E-state index in [2.05, 4.69) is 46.4 Å². The van der Waals surface area contributed by atoms with Crippen molar-refractivity contribution in [2.75, 3.05) is 6.54 Å². The number of hydrogen-bond donors (Lipinski definition) is 0. The van der Waals surface area contributed by atoms with Crippen LogP contribution in [0.5, 0.6) is 0 Å². The van der Waals surface area contributed by atoms with E-state index in [-0.39, 0.29) is 5.91 Å². The normalized spacial score (nSPS) is 13.2. The summed E-state index contributed by atoms with van der Waals surface area (Å²) in [6.07, 6.45) is 2.31. The van der Waals surface area contributed by atoms with E-state index in [1.807, 2.05) is 40.7 Å². The van der Waals surface area contributed by atoms with Crippen LogP contribution in [0.15, 0.2) is 64.4 Å². The molecule has 0 radical (unpaired) electrons. The highest BCUT2D eigenvalue weighted by molar-refractivity contribution is 7.98. The van der Waals surface area contributed by atoms with Crippen LogP contribution in [-0.4, -0.2) is 37.1 Å².